The van der Waals surface area contributed by atoms with Crippen molar-refractivity contribution in [1.82, 2.24) is 0 Å². The normalized spacial score (nSPS) is 13.3. The summed E-state index contributed by atoms with van der Waals surface area (Å²) in [6.07, 6.45) is 5.00. The van der Waals surface area contributed by atoms with Gasteiger partial charge in [-0.2, -0.15) is 0 Å². The van der Waals surface area contributed by atoms with E-state index in [9.17, 15) is 0 Å². The van der Waals surface area contributed by atoms with Gasteiger partial charge in [-0.3, -0.25) is 4.99 Å². The third kappa shape index (κ3) is 4.29. The smallest absolute Gasteiger partial charge is 0.120 e. The monoisotopic (exact) mass is 373 g/mol. The van der Waals surface area contributed by atoms with Crippen molar-refractivity contribution in [3.05, 3.63) is 106 Å². The van der Waals surface area contributed by atoms with E-state index in [1.165, 1.54) is 11.1 Å². The number of benzene rings is 3. The van der Waals surface area contributed by atoms with Crippen LogP contribution in [0.1, 0.15) is 22.3 Å². The van der Waals surface area contributed by atoms with Gasteiger partial charge in [0.05, 0.1) is 5.71 Å². The SMILES string of the molecule is Clc1ccccc1/C=C/C1=NCCc2cc(OCc3ccccc3)ccc21. The highest BCUT2D eigenvalue weighted by molar-refractivity contribution is 6.32. The summed E-state index contributed by atoms with van der Waals surface area (Å²) in [5.41, 5.74) is 5.59. The lowest BCUT2D eigenvalue weighted by molar-refractivity contribution is 0.306. The molecule has 0 amide bonds. The molecular weight excluding hydrogens is 354 g/mol. The predicted molar refractivity (Wildman–Crippen MR) is 113 cm³/mol. The van der Waals surface area contributed by atoms with Crippen molar-refractivity contribution in [3.63, 3.8) is 0 Å². The highest BCUT2D eigenvalue weighted by atomic mass is 35.5. The highest BCUT2D eigenvalue weighted by Gasteiger charge is 2.13. The fourth-order valence-corrected chi connectivity index (χ4v) is 3.36. The molecule has 0 unspecified atom stereocenters. The van der Waals surface area contributed by atoms with Crippen molar-refractivity contribution < 1.29 is 4.74 Å². The summed E-state index contributed by atoms with van der Waals surface area (Å²) < 4.78 is 5.96. The van der Waals surface area contributed by atoms with Crippen molar-refractivity contribution >= 4 is 23.4 Å². The van der Waals surface area contributed by atoms with E-state index in [2.05, 4.69) is 29.3 Å². The number of ether oxygens (including phenoxy) is 1. The Balaban J connectivity index is 1.51. The van der Waals surface area contributed by atoms with Crippen LogP contribution in [0.3, 0.4) is 0 Å². The molecule has 1 heterocycles. The summed E-state index contributed by atoms with van der Waals surface area (Å²) in [4.78, 5) is 4.68. The largest absolute Gasteiger partial charge is 0.489 e. The molecule has 1 aliphatic heterocycles. The molecule has 0 radical (unpaired) electrons. The average molecular weight is 374 g/mol. The number of halogens is 1. The van der Waals surface area contributed by atoms with Crippen LogP contribution in [0.5, 0.6) is 5.75 Å². The van der Waals surface area contributed by atoms with E-state index < -0.39 is 0 Å². The summed E-state index contributed by atoms with van der Waals surface area (Å²) in [5, 5.41) is 0.745. The number of fused-ring (bicyclic) bond motifs is 1. The van der Waals surface area contributed by atoms with Gasteiger partial charge in [-0.15, -0.1) is 0 Å². The zero-order chi connectivity index (χ0) is 18.5. The Bertz CT molecular complexity index is 992. The van der Waals surface area contributed by atoms with E-state index in [4.69, 9.17) is 16.3 Å². The zero-order valence-corrected chi connectivity index (χ0v) is 15.7. The molecule has 0 atom stereocenters. The molecule has 0 saturated heterocycles. The zero-order valence-electron chi connectivity index (χ0n) is 14.9. The van der Waals surface area contributed by atoms with Crippen LogP contribution < -0.4 is 4.74 Å². The summed E-state index contributed by atoms with van der Waals surface area (Å²) in [5.74, 6) is 0.897. The number of allylic oxidation sites excluding steroid dienone is 1. The number of rotatable bonds is 5. The van der Waals surface area contributed by atoms with Crippen LogP contribution in [0.2, 0.25) is 5.02 Å². The Morgan fingerprint density at radius 1 is 0.926 bits per heavy atom. The van der Waals surface area contributed by atoms with Crippen molar-refractivity contribution in [2.75, 3.05) is 6.54 Å². The van der Waals surface area contributed by atoms with Crippen molar-refractivity contribution in [2.24, 2.45) is 4.99 Å². The molecule has 134 valence electrons. The highest BCUT2D eigenvalue weighted by Crippen LogP contribution is 2.24. The molecule has 0 N–H and O–H groups in total. The van der Waals surface area contributed by atoms with Crippen molar-refractivity contribution in [3.8, 4) is 5.75 Å². The first-order valence-electron chi connectivity index (χ1n) is 9.07. The molecule has 3 aromatic carbocycles. The van der Waals surface area contributed by atoms with Crippen LogP contribution in [0.4, 0.5) is 0 Å². The fourth-order valence-electron chi connectivity index (χ4n) is 3.16. The molecule has 3 aromatic rings. The van der Waals surface area contributed by atoms with Crippen LogP contribution in [0.15, 0.2) is 83.9 Å². The van der Waals surface area contributed by atoms with Gasteiger partial charge in [0.2, 0.25) is 0 Å². The van der Waals surface area contributed by atoms with Gasteiger partial charge in [-0.1, -0.05) is 66.2 Å². The van der Waals surface area contributed by atoms with Crippen molar-refractivity contribution in [1.29, 1.82) is 0 Å². The first-order chi connectivity index (χ1) is 13.3. The van der Waals surface area contributed by atoms with Crippen LogP contribution in [-0.2, 0) is 13.0 Å². The maximum Gasteiger partial charge on any atom is 0.120 e. The molecule has 0 bridgehead atoms. The van der Waals surface area contributed by atoms with Crippen LogP contribution in [0.25, 0.3) is 6.08 Å². The lowest BCUT2D eigenvalue weighted by atomic mass is 9.96. The van der Waals surface area contributed by atoms with Gasteiger partial charge in [0, 0.05) is 17.1 Å². The predicted octanol–water partition coefficient (Wildman–Crippen LogP) is 5.98. The van der Waals surface area contributed by atoms with E-state index in [1.807, 2.05) is 60.7 Å². The molecule has 0 spiro atoms. The Hall–Kier alpha value is -2.84. The molecule has 3 heteroatoms. The molecule has 0 saturated carbocycles. The Labute approximate surface area is 164 Å². The molecule has 0 fully saturated rings. The van der Waals surface area contributed by atoms with Crippen molar-refractivity contribution in [2.45, 2.75) is 13.0 Å². The molecule has 2 nitrogen and oxygen atoms in total. The Kier molecular flexibility index (Phi) is 5.36. The van der Waals surface area contributed by atoms with E-state index >= 15 is 0 Å². The summed E-state index contributed by atoms with van der Waals surface area (Å²) in [6, 6.07) is 24.3. The quantitative estimate of drug-likeness (QED) is 0.539. The molecule has 0 aliphatic carbocycles. The summed E-state index contributed by atoms with van der Waals surface area (Å²) in [6.45, 7) is 1.37. The number of aliphatic imine (C=N–C) groups is 1. The van der Waals surface area contributed by atoms with Gasteiger partial charge in [-0.05, 0) is 53.5 Å². The molecule has 0 aromatic heterocycles. The fraction of sp³-hybridized carbons (Fsp3) is 0.125. The first-order valence-corrected chi connectivity index (χ1v) is 9.44. The van der Waals surface area contributed by atoms with Gasteiger partial charge in [-0.25, -0.2) is 0 Å². The number of nitrogens with zero attached hydrogens (tertiary/aromatic N) is 1. The third-order valence-corrected chi connectivity index (χ3v) is 4.93. The van der Waals surface area contributed by atoms with E-state index in [0.717, 1.165) is 40.6 Å². The van der Waals surface area contributed by atoms with Crippen LogP contribution >= 0.6 is 11.6 Å². The molecule has 27 heavy (non-hydrogen) atoms. The van der Waals surface area contributed by atoms with E-state index in [0.29, 0.717) is 6.61 Å². The van der Waals surface area contributed by atoms with Crippen LogP contribution in [-0.4, -0.2) is 12.3 Å². The van der Waals surface area contributed by atoms with E-state index in [1.54, 1.807) is 0 Å². The number of hydrogen-bond acceptors (Lipinski definition) is 2. The number of hydrogen-bond donors (Lipinski definition) is 0. The maximum atomic E-state index is 6.24. The summed E-state index contributed by atoms with van der Waals surface area (Å²) >= 11 is 6.24. The average Bonchev–Trinajstić information content (AvgIpc) is 2.72. The second-order valence-corrected chi connectivity index (χ2v) is 6.87. The van der Waals surface area contributed by atoms with Gasteiger partial charge < -0.3 is 4.74 Å². The van der Waals surface area contributed by atoms with E-state index in [-0.39, 0.29) is 0 Å². The topological polar surface area (TPSA) is 21.6 Å². The molecule has 1 aliphatic rings. The third-order valence-electron chi connectivity index (χ3n) is 4.59. The lowest BCUT2D eigenvalue weighted by Crippen LogP contribution is -2.11. The summed E-state index contributed by atoms with van der Waals surface area (Å²) in [7, 11) is 0. The minimum atomic E-state index is 0.576. The van der Waals surface area contributed by atoms with Gasteiger partial charge >= 0.3 is 0 Å². The first kappa shape index (κ1) is 17.6. The second kappa shape index (κ2) is 8.24. The second-order valence-electron chi connectivity index (χ2n) is 6.47. The Morgan fingerprint density at radius 3 is 2.59 bits per heavy atom. The Morgan fingerprint density at radius 2 is 1.74 bits per heavy atom. The van der Waals surface area contributed by atoms with Gasteiger partial charge in [0.1, 0.15) is 12.4 Å². The minimum Gasteiger partial charge on any atom is -0.489 e. The van der Waals surface area contributed by atoms with Crippen LogP contribution in [0, 0.1) is 0 Å². The lowest BCUT2D eigenvalue weighted by Gasteiger charge is -2.16. The standard InChI is InChI=1S/C24H20ClNO/c25-23-9-5-4-8-19(23)10-13-24-22-12-11-21(16-20(22)14-15-26-24)27-17-18-6-2-1-3-7-18/h1-13,16H,14-15,17H2/b13-10+. The minimum absolute atomic E-state index is 0.576. The van der Waals surface area contributed by atoms with Gasteiger partial charge in [0.15, 0.2) is 0 Å². The van der Waals surface area contributed by atoms with Gasteiger partial charge in [0.25, 0.3) is 0 Å². The molecular formula is C24H20ClNO. The molecule has 4 rings (SSSR count). The maximum absolute atomic E-state index is 6.24.